The van der Waals surface area contributed by atoms with Gasteiger partial charge >= 0.3 is 12.2 Å². The number of alkyl halides is 3. The van der Waals surface area contributed by atoms with Crippen molar-refractivity contribution in [2.24, 2.45) is 0 Å². The molecule has 180 valence electrons. The Bertz CT molecular complexity index is 1120. The van der Waals surface area contributed by atoms with Gasteiger partial charge in [-0.05, 0) is 54.2 Å². The van der Waals surface area contributed by atoms with E-state index in [1.165, 1.54) is 30.4 Å². The van der Waals surface area contributed by atoms with Gasteiger partial charge in [-0.2, -0.15) is 13.2 Å². The summed E-state index contributed by atoms with van der Waals surface area (Å²) < 4.78 is 40.6. The van der Waals surface area contributed by atoms with Crippen LogP contribution in [0.15, 0.2) is 53.0 Å². The summed E-state index contributed by atoms with van der Waals surface area (Å²) in [6.07, 6.45) is 0.108. The second kappa shape index (κ2) is 9.44. The molecule has 9 heteroatoms. The average Bonchev–Trinajstić information content (AvgIpc) is 3.11. The van der Waals surface area contributed by atoms with E-state index in [0.717, 1.165) is 28.1 Å². The number of halogens is 4. The lowest BCUT2D eigenvalue weighted by Gasteiger charge is -2.40. The number of carbonyl (C=O) groups excluding carboxylic acids is 2. The number of urea groups is 1. The van der Waals surface area contributed by atoms with Gasteiger partial charge in [0.1, 0.15) is 0 Å². The fourth-order valence-corrected chi connectivity index (χ4v) is 5.93. The number of fused-ring (bicyclic) bond motifs is 2. The van der Waals surface area contributed by atoms with Gasteiger partial charge in [-0.3, -0.25) is 4.79 Å². The Morgan fingerprint density at radius 1 is 1.12 bits per heavy atom. The minimum atomic E-state index is -4.48. The number of hydrogen-bond acceptors (Lipinski definition) is 2. The quantitative estimate of drug-likeness (QED) is 0.516. The smallest absolute Gasteiger partial charge is 0.341 e. The van der Waals surface area contributed by atoms with E-state index in [2.05, 4.69) is 26.6 Å². The van der Waals surface area contributed by atoms with E-state index in [4.69, 9.17) is 0 Å². The van der Waals surface area contributed by atoms with Crippen LogP contribution in [-0.4, -0.2) is 37.0 Å². The van der Waals surface area contributed by atoms with Crippen molar-refractivity contribution in [3.8, 4) is 0 Å². The number of rotatable bonds is 3. The number of nitrogens with zero attached hydrogens (tertiary/aromatic N) is 1. The van der Waals surface area contributed by atoms with Gasteiger partial charge in [0.05, 0.1) is 11.6 Å². The molecule has 1 heterocycles. The lowest BCUT2D eigenvalue weighted by Crippen LogP contribution is -2.44. The van der Waals surface area contributed by atoms with E-state index in [1.54, 1.807) is 11.9 Å². The van der Waals surface area contributed by atoms with Crippen LogP contribution in [0.2, 0.25) is 0 Å². The minimum Gasteiger partial charge on any atom is -0.341 e. The van der Waals surface area contributed by atoms with E-state index < -0.39 is 11.7 Å². The number of likely N-dealkylation sites (tertiary alicyclic amines) is 1. The van der Waals surface area contributed by atoms with Gasteiger partial charge in [-0.25, -0.2) is 4.79 Å². The van der Waals surface area contributed by atoms with Crippen LogP contribution in [0.4, 0.5) is 18.0 Å². The molecule has 2 aromatic carbocycles. The number of amides is 3. The molecule has 34 heavy (non-hydrogen) atoms. The number of piperidine rings is 1. The highest BCUT2D eigenvalue weighted by molar-refractivity contribution is 9.10. The van der Waals surface area contributed by atoms with Crippen LogP contribution in [0.25, 0.3) is 6.08 Å². The molecule has 2 N–H and O–H groups in total. The molecule has 3 amide bonds. The fraction of sp³-hybridized carbons (Fsp3) is 0.360. The van der Waals surface area contributed by atoms with Crippen LogP contribution in [0.1, 0.15) is 47.6 Å². The van der Waals surface area contributed by atoms with Crippen LogP contribution in [0.3, 0.4) is 0 Å². The Balaban J connectivity index is 1.49. The molecule has 1 aliphatic carbocycles. The van der Waals surface area contributed by atoms with E-state index >= 15 is 0 Å². The van der Waals surface area contributed by atoms with Gasteiger partial charge in [0.25, 0.3) is 0 Å². The largest absolute Gasteiger partial charge is 0.416 e. The van der Waals surface area contributed by atoms with Crippen molar-refractivity contribution in [1.82, 2.24) is 15.5 Å². The van der Waals surface area contributed by atoms with Crippen LogP contribution in [-0.2, 0) is 16.4 Å². The number of nitrogens with one attached hydrogen (secondary N) is 2. The molecule has 1 fully saturated rings. The molecular weight excluding hydrogens is 511 g/mol. The Morgan fingerprint density at radius 2 is 1.82 bits per heavy atom. The molecule has 5 nitrogen and oxygen atoms in total. The van der Waals surface area contributed by atoms with Crippen LogP contribution < -0.4 is 10.6 Å². The maximum absolute atomic E-state index is 13.2. The third-order valence-corrected chi connectivity index (χ3v) is 7.44. The van der Waals surface area contributed by atoms with Crippen molar-refractivity contribution >= 4 is 33.9 Å². The first-order valence-electron chi connectivity index (χ1n) is 11.0. The summed E-state index contributed by atoms with van der Waals surface area (Å²) in [6, 6.07) is 10.8. The average molecular weight is 536 g/mol. The molecule has 1 aliphatic heterocycles. The third kappa shape index (κ3) is 4.71. The lowest BCUT2D eigenvalue weighted by atomic mass is 9.73. The molecule has 2 aliphatic rings. The number of carbonyl (C=O) groups is 2. The van der Waals surface area contributed by atoms with E-state index in [-0.39, 0.29) is 29.0 Å². The Kier molecular flexibility index (Phi) is 6.75. The Labute approximate surface area is 204 Å². The maximum Gasteiger partial charge on any atom is 0.416 e. The molecule has 1 atom stereocenters. The molecule has 0 radical (unpaired) electrons. The van der Waals surface area contributed by atoms with Gasteiger partial charge in [0.15, 0.2) is 0 Å². The van der Waals surface area contributed by atoms with Crippen molar-refractivity contribution < 1.29 is 22.8 Å². The normalized spacial score (nSPS) is 19.3. The highest BCUT2D eigenvalue weighted by atomic mass is 79.9. The first-order valence-corrected chi connectivity index (χ1v) is 11.8. The summed E-state index contributed by atoms with van der Waals surface area (Å²) in [6.45, 7) is 0.967. The van der Waals surface area contributed by atoms with E-state index in [0.29, 0.717) is 25.9 Å². The SMILES string of the molecule is CNC(=O)NC1CC2(CCN(C(=O)/C=C/c3ccccc3C(F)(F)F)CC2)c2c(Br)cccc21. The zero-order valence-corrected chi connectivity index (χ0v) is 20.2. The first kappa shape index (κ1) is 24.3. The molecule has 1 unspecified atom stereocenters. The number of benzene rings is 2. The highest BCUT2D eigenvalue weighted by Crippen LogP contribution is 2.53. The highest BCUT2D eigenvalue weighted by Gasteiger charge is 2.47. The van der Waals surface area contributed by atoms with Gasteiger partial charge in [0.2, 0.25) is 5.91 Å². The zero-order chi connectivity index (χ0) is 24.5. The summed E-state index contributed by atoms with van der Waals surface area (Å²) in [5, 5.41) is 5.62. The topological polar surface area (TPSA) is 61.4 Å². The van der Waals surface area contributed by atoms with Crippen LogP contribution in [0.5, 0.6) is 0 Å². The zero-order valence-electron chi connectivity index (χ0n) is 18.6. The van der Waals surface area contributed by atoms with Gasteiger partial charge in [-0.15, -0.1) is 0 Å². The van der Waals surface area contributed by atoms with Gasteiger partial charge in [0, 0.05) is 36.1 Å². The van der Waals surface area contributed by atoms with Crippen molar-refractivity contribution in [2.75, 3.05) is 20.1 Å². The monoisotopic (exact) mass is 535 g/mol. The first-order chi connectivity index (χ1) is 16.1. The second-order valence-corrected chi connectivity index (χ2v) is 9.56. The van der Waals surface area contributed by atoms with Gasteiger partial charge < -0.3 is 15.5 Å². The van der Waals surface area contributed by atoms with E-state index in [1.807, 2.05) is 18.2 Å². The van der Waals surface area contributed by atoms with E-state index in [9.17, 15) is 22.8 Å². The Morgan fingerprint density at radius 3 is 2.50 bits per heavy atom. The van der Waals surface area contributed by atoms with Crippen molar-refractivity contribution in [3.05, 3.63) is 75.3 Å². The molecule has 4 rings (SSSR count). The molecule has 0 aromatic heterocycles. The van der Waals surface area contributed by atoms with Crippen LogP contribution >= 0.6 is 15.9 Å². The predicted molar refractivity (Wildman–Crippen MR) is 127 cm³/mol. The molecule has 0 bridgehead atoms. The predicted octanol–water partition coefficient (Wildman–Crippen LogP) is 5.42. The van der Waals surface area contributed by atoms with Gasteiger partial charge in [-0.1, -0.05) is 46.3 Å². The standard InChI is InChI=1S/C25H25BrF3N3O2/c1-30-23(34)31-20-15-24(22-17(20)6-4-8-19(22)26)11-13-32(14-12-24)21(33)10-9-16-5-2-3-7-18(16)25(27,28)29/h2-10,20H,11-15H2,1H3,(H2,30,31,34)/b10-9+. The summed E-state index contributed by atoms with van der Waals surface area (Å²) in [4.78, 5) is 26.4. The summed E-state index contributed by atoms with van der Waals surface area (Å²) >= 11 is 3.67. The summed E-state index contributed by atoms with van der Waals surface area (Å²) in [5.41, 5.74) is 1.25. The summed E-state index contributed by atoms with van der Waals surface area (Å²) in [5.74, 6) is -0.308. The maximum atomic E-state index is 13.2. The second-order valence-electron chi connectivity index (χ2n) is 8.71. The molecule has 1 saturated heterocycles. The van der Waals surface area contributed by atoms with Crippen molar-refractivity contribution in [2.45, 2.75) is 36.9 Å². The lowest BCUT2D eigenvalue weighted by molar-refractivity contribution is -0.137. The molecule has 1 spiro atoms. The third-order valence-electron chi connectivity index (χ3n) is 6.78. The Hall–Kier alpha value is -2.81. The fourth-order valence-electron chi connectivity index (χ4n) is 5.13. The molecule has 2 aromatic rings. The molecular formula is C25H25BrF3N3O2. The van der Waals surface area contributed by atoms with Crippen LogP contribution in [0, 0.1) is 0 Å². The van der Waals surface area contributed by atoms with Crippen molar-refractivity contribution in [1.29, 1.82) is 0 Å². The summed E-state index contributed by atoms with van der Waals surface area (Å²) in [7, 11) is 1.58. The molecule has 0 saturated carbocycles. The number of hydrogen-bond donors (Lipinski definition) is 2. The van der Waals surface area contributed by atoms with Crippen molar-refractivity contribution in [3.63, 3.8) is 0 Å². The minimum absolute atomic E-state index is 0.0337.